The number of hydrogen-bond donors (Lipinski definition) is 1. The van der Waals surface area contributed by atoms with Crippen molar-refractivity contribution in [2.24, 2.45) is 0 Å². The molecule has 1 aromatic rings. The highest BCUT2D eigenvalue weighted by Crippen LogP contribution is 1.97. The maximum atomic E-state index is 5.29. The summed E-state index contributed by atoms with van der Waals surface area (Å²) in [7, 11) is 0. The van der Waals surface area contributed by atoms with E-state index in [0.29, 0.717) is 6.73 Å². The van der Waals surface area contributed by atoms with E-state index in [1.165, 1.54) is 0 Å². The minimum atomic E-state index is 0.594. The zero-order valence-corrected chi connectivity index (χ0v) is 8.29. The van der Waals surface area contributed by atoms with Gasteiger partial charge in [0.05, 0.1) is 6.54 Å². The van der Waals surface area contributed by atoms with Crippen molar-refractivity contribution in [1.82, 2.24) is 14.9 Å². The van der Waals surface area contributed by atoms with Gasteiger partial charge < -0.3 is 14.6 Å². The van der Waals surface area contributed by atoms with E-state index in [1.54, 1.807) is 6.20 Å². The maximum Gasteiger partial charge on any atom is 0.124 e. The van der Waals surface area contributed by atoms with Gasteiger partial charge in [0.25, 0.3) is 0 Å². The molecule has 0 aliphatic rings. The summed E-state index contributed by atoms with van der Waals surface area (Å²) in [6, 6.07) is 0. The van der Waals surface area contributed by atoms with Crippen molar-refractivity contribution in [3.05, 3.63) is 18.2 Å². The fourth-order valence-corrected chi connectivity index (χ4v) is 1.05. The largest absolute Gasteiger partial charge is 0.361 e. The summed E-state index contributed by atoms with van der Waals surface area (Å²) in [5, 5.41) is 3.23. The summed E-state index contributed by atoms with van der Waals surface area (Å²) in [5.41, 5.74) is 0. The monoisotopic (exact) mass is 183 g/mol. The fraction of sp³-hybridized carbons (Fsp3) is 0.667. The second-order valence-corrected chi connectivity index (χ2v) is 2.72. The number of hydrogen-bond acceptors (Lipinski definition) is 3. The standard InChI is InChI=1S/C9H17N3O/c1-3-10-7-9-11-5-6-12(9)8-13-4-2/h5-6,10H,3-4,7-8H2,1-2H3. The topological polar surface area (TPSA) is 39.1 Å². The Kier molecular flexibility index (Phi) is 4.49. The van der Waals surface area contributed by atoms with E-state index in [4.69, 9.17) is 4.74 Å². The van der Waals surface area contributed by atoms with Gasteiger partial charge in [0.15, 0.2) is 0 Å². The Labute approximate surface area is 78.9 Å². The maximum absolute atomic E-state index is 5.29. The molecule has 1 aromatic heterocycles. The average molecular weight is 183 g/mol. The number of rotatable bonds is 6. The highest BCUT2D eigenvalue weighted by molar-refractivity contribution is 4.90. The van der Waals surface area contributed by atoms with E-state index in [0.717, 1.165) is 25.5 Å². The lowest BCUT2D eigenvalue weighted by molar-refractivity contribution is 0.0855. The van der Waals surface area contributed by atoms with Crippen LogP contribution in [0.5, 0.6) is 0 Å². The highest BCUT2D eigenvalue weighted by Gasteiger charge is 2.00. The smallest absolute Gasteiger partial charge is 0.124 e. The SMILES string of the molecule is CCNCc1nccn1COCC. The lowest BCUT2D eigenvalue weighted by Gasteiger charge is -2.07. The van der Waals surface area contributed by atoms with Gasteiger partial charge in [0.1, 0.15) is 12.6 Å². The number of nitrogens with one attached hydrogen (secondary N) is 1. The summed E-state index contributed by atoms with van der Waals surface area (Å²) in [6.07, 6.45) is 3.73. The van der Waals surface area contributed by atoms with E-state index in [1.807, 2.05) is 17.7 Å². The van der Waals surface area contributed by atoms with Gasteiger partial charge in [0.2, 0.25) is 0 Å². The molecular formula is C9H17N3O. The van der Waals surface area contributed by atoms with Gasteiger partial charge in [-0.25, -0.2) is 4.98 Å². The Hall–Kier alpha value is -0.870. The van der Waals surface area contributed by atoms with Gasteiger partial charge in [-0.15, -0.1) is 0 Å². The minimum absolute atomic E-state index is 0.594. The van der Waals surface area contributed by atoms with Crippen LogP contribution in [0.2, 0.25) is 0 Å². The summed E-state index contributed by atoms with van der Waals surface area (Å²) in [5.74, 6) is 1.02. The van der Waals surface area contributed by atoms with Crippen molar-refractivity contribution in [1.29, 1.82) is 0 Å². The molecule has 0 aliphatic heterocycles. The summed E-state index contributed by atoms with van der Waals surface area (Å²) in [4.78, 5) is 4.23. The molecule has 0 amide bonds. The van der Waals surface area contributed by atoms with Gasteiger partial charge in [-0.05, 0) is 13.5 Å². The van der Waals surface area contributed by atoms with Crippen LogP contribution in [-0.4, -0.2) is 22.7 Å². The molecular weight excluding hydrogens is 166 g/mol. The van der Waals surface area contributed by atoms with Crippen LogP contribution in [0.25, 0.3) is 0 Å². The van der Waals surface area contributed by atoms with Crippen LogP contribution in [0.4, 0.5) is 0 Å². The summed E-state index contributed by atoms with van der Waals surface area (Å²) in [6.45, 7) is 7.16. The van der Waals surface area contributed by atoms with E-state index in [9.17, 15) is 0 Å². The predicted molar refractivity (Wildman–Crippen MR) is 51.2 cm³/mol. The molecule has 4 nitrogen and oxygen atoms in total. The molecule has 0 saturated heterocycles. The van der Waals surface area contributed by atoms with Crippen molar-refractivity contribution >= 4 is 0 Å². The molecule has 0 bridgehead atoms. The van der Waals surface area contributed by atoms with Crippen LogP contribution in [-0.2, 0) is 18.0 Å². The van der Waals surface area contributed by atoms with Gasteiger partial charge in [-0.2, -0.15) is 0 Å². The fourth-order valence-electron chi connectivity index (χ4n) is 1.05. The quantitative estimate of drug-likeness (QED) is 0.714. The van der Waals surface area contributed by atoms with E-state index in [-0.39, 0.29) is 0 Å². The lowest BCUT2D eigenvalue weighted by atomic mass is 10.5. The van der Waals surface area contributed by atoms with Crippen molar-refractivity contribution in [2.45, 2.75) is 27.1 Å². The van der Waals surface area contributed by atoms with Crippen LogP contribution in [0.3, 0.4) is 0 Å². The van der Waals surface area contributed by atoms with Crippen molar-refractivity contribution in [3.8, 4) is 0 Å². The minimum Gasteiger partial charge on any atom is -0.361 e. The Morgan fingerprint density at radius 3 is 3.08 bits per heavy atom. The molecule has 1 rings (SSSR count). The molecule has 4 heteroatoms. The van der Waals surface area contributed by atoms with Crippen LogP contribution < -0.4 is 5.32 Å². The number of ether oxygens (including phenoxy) is 1. The normalized spacial score (nSPS) is 10.6. The van der Waals surface area contributed by atoms with Gasteiger partial charge in [0, 0.05) is 19.0 Å². The van der Waals surface area contributed by atoms with Crippen molar-refractivity contribution < 1.29 is 4.74 Å². The Bertz CT molecular complexity index is 212. The highest BCUT2D eigenvalue weighted by atomic mass is 16.5. The third kappa shape index (κ3) is 3.16. The van der Waals surface area contributed by atoms with Gasteiger partial charge in [-0.1, -0.05) is 6.92 Å². The molecule has 74 valence electrons. The first-order valence-corrected chi connectivity index (χ1v) is 4.67. The van der Waals surface area contributed by atoms with Crippen molar-refractivity contribution in [3.63, 3.8) is 0 Å². The second kappa shape index (κ2) is 5.72. The average Bonchev–Trinajstić information content (AvgIpc) is 2.59. The Morgan fingerprint density at radius 2 is 2.38 bits per heavy atom. The molecule has 0 radical (unpaired) electrons. The van der Waals surface area contributed by atoms with Crippen LogP contribution in [0, 0.1) is 0 Å². The molecule has 1 heterocycles. The summed E-state index contributed by atoms with van der Waals surface area (Å²) < 4.78 is 7.30. The Balaban J connectivity index is 2.45. The van der Waals surface area contributed by atoms with E-state index < -0.39 is 0 Å². The first kappa shape index (κ1) is 10.2. The molecule has 0 atom stereocenters. The number of nitrogens with zero attached hydrogens (tertiary/aromatic N) is 2. The predicted octanol–water partition coefficient (Wildman–Crippen LogP) is 0.987. The first-order valence-electron chi connectivity index (χ1n) is 4.67. The Morgan fingerprint density at radius 1 is 1.54 bits per heavy atom. The molecule has 0 fully saturated rings. The van der Waals surface area contributed by atoms with E-state index in [2.05, 4.69) is 17.2 Å². The zero-order chi connectivity index (χ0) is 9.52. The van der Waals surface area contributed by atoms with Crippen LogP contribution in [0.1, 0.15) is 19.7 Å². The molecule has 0 unspecified atom stereocenters. The van der Waals surface area contributed by atoms with Crippen LogP contribution in [0.15, 0.2) is 12.4 Å². The molecule has 0 saturated carbocycles. The van der Waals surface area contributed by atoms with Gasteiger partial charge >= 0.3 is 0 Å². The number of aromatic nitrogens is 2. The third-order valence-corrected chi connectivity index (χ3v) is 1.77. The van der Waals surface area contributed by atoms with Crippen LogP contribution >= 0.6 is 0 Å². The third-order valence-electron chi connectivity index (χ3n) is 1.77. The molecule has 0 aliphatic carbocycles. The van der Waals surface area contributed by atoms with E-state index >= 15 is 0 Å². The van der Waals surface area contributed by atoms with Gasteiger partial charge in [-0.3, -0.25) is 0 Å². The second-order valence-electron chi connectivity index (χ2n) is 2.72. The summed E-state index contributed by atoms with van der Waals surface area (Å²) >= 11 is 0. The zero-order valence-electron chi connectivity index (χ0n) is 8.29. The van der Waals surface area contributed by atoms with Crippen molar-refractivity contribution in [2.75, 3.05) is 13.2 Å². The molecule has 0 aromatic carbocycles. The molecule has 0 spiro atoms. The molecule has 1 N–H and O–H groups in total. The molecule has 13 heavy (non-hydrogen) atoms. The first-order chi connectivity index (χ1) is 6.38. The lowest BCUT2D eigenvalue weighted by Crippen LogP contribution is -2.16. The number of imidazole rings is 1.